The molecule has 2 aromatic rings. The summed E-state index contributed by atoms with van der Waals surface area (Å²) in [5.41, 5.74) is 0.319. The molecule has 0 atom stereocenters. The first-order valence-corrected chi connectivity index (χ1v) is 4.79. The van der Waals surface area contributed by atoms with Crippen molar-refractivity contribution in [2.75, 3.05) is 0 Å². The monoisotopic (exact) mass is 221 g/mol. The molecule has 0 saturated carbocycles. The summed E-state index contributed by atoms with van der Waals surface area (Å²) in [6.45, 7) is 3.70. The normalized spacial score (nSPS) is 10.6. The van der Waals surface area contributed by atoms with Crippen molar-refractivity contribution < 1.29 is 4.52 Å². The molecule has 0 fully saturated rings. The standard InChI is InChI=1S/C10H11N3O3/c1-6-4-13(10(15)11-9(6)14)5-8-3-7(2)16-12-8/h3-4H,5H2,1-2H3,(H,11,14,15). The Morgan fingerprint density at radius 2 is 2.19 bits per heavy atom. The molecule has 0 radical (unpaired) electrons. The summed E-state index contributed by atoms with van der Waals surface area (Å²) in [5.74, 6) is 0.684. The van der Waals surface area contributed by atoms with Gasteiger partial charge in [0, 0.05) is 17.8 Å². The van der Waals surface area contributed by atoms with Gasteiger partial charge in [-0.25, -0.2) is 4.79 Å². The van der Waals surface area contributed by atoms with Crippen LogP contribution >= 0.6 is 0 Å². The van der Waals surface area contributed by atoms with Crippen molar-refractivity contribution in [3.63, 3.8) is 0 Å². The third-order valence-electron chi connectivity index (χ3n) is 2.20. The minimum Gasteiger partial charge on any atom is -0.361 e. The van der Waals surface area contributed by atoms with E-state index in [2.05, 4.69) is 10.1 Å². The Morgan fingerprint density at radius 3 is 2.81 bits per heavy atom. The summed E-state index contributed by atoms with van der Waals surface area (Å²) >= 11 is 0. The van der Waals surface area contributed by atoms with E-state index in [1.807, 2.05) is 0 Å². The van der Waals surface area contributed by atoms with E-state index in [0.29, 0.717) is 17.0 Å². The quantitative estimate of drug-likeness (QED) is 0.784. The van der Waals surface area contributed by atoms with Crippen LogP contribution in [0, 0.1) is 13.8 Å². The van der Waals surface area contributed by atoms with Crippen molar-refractivity contribution in [2.45, 2.75) is 20.4 Å². The minimum atomic E-state index is -0.448. The van der Waals surface area contributed by atoms with Gasteiger partial charge in [0.25, 0.3) is 5.56 Å². The summed E-state index contributed by atoms with van der Waals surface area (Å²) < 4.78 is 6.28. The predicted octanol–water partition coefficient (Wildman–Crippen LogP) is 0.190. The molecule has 6 heteroatoms. The fourth-order valence-electron chi connectivity index (χ4n) is 1.40. The van der Waals surface area contributed by atoms with E-state index in [0.717, 1.165) is 0 Å². The van der Waals surface area contributed by atoms with Gasteiger partial charge in [-0.05, 0) is 13.8 Å². The van der Waals surface area contributed by atoms with E-state index in [9.17, 15) is 9.59 Å². The molecule has 1 N–H and O–H groups in total. The molecule has 2 heterocycles. The van der Waals surface area contributed by atoms with Gasteiger partial charge in [-0.3, -0.25) is 14.3 Å². The molecular formula is C10H11N3O3. The summed E-state index contributed by atoms with van der Waals surface area (Å²) in [6, 6.07) is 1.74. The first-order valence-electron chi connectivity index (χ1n) is 4.79. The molecule has 0 aliphatic heterocycles. The zero-order valence-electron chi connectivity index (χ0n) is 8.98. The molecule has 16 heavy (non-hydrogen) atoms. The van der Waals surface area contributed by atoms with Crippen LogP contribution in [-0.4, -0.2) is 14.7 Å². The summed E-state index contributed by atoms with van der Waals surface area (Å²) in [6.07, 6.45) is 1.51. The number of aryl methyl sites for hydroxylation is 2. The van der Waals surface area contributed by atoms with Crippen LogP contribution in [0.4, 0.5) is 0 Å². The van der Waals surface area contributed by atoms with Crippen LogP contribution in [-0.2, 0) is 6.54 Å². The van der Waals surface area contributed by atoms with Crippen LogP contribution in [0.2, 0.25) is 0 Å². The van der Waals surface area contributed by atoms with E-state index >= 15 is 0 Å². The van der Waals surface area contributed by atoms with Gasteiger partial charge in [0.1, 0.15) is 11.5 Å². The highest BCUT2D eigenvalue weighted by atomic mass is 16.5. The molecule has 0 aliphatic carbocycles. The van der Waals surface area contributed by atoms with Gasteiger partial charge in [0.15, 0.2) is 0 Å². The smallest absolute Gasteiger partial charge is 0.328 e. The lowest BCUT2D eigenvalue weighted by Gasteiger charge is -2.02. The van der Waals surface area contributed by atoms with E-state index in [4.69, 9.17) is 4.52 Å². The first kappa shape index (κ1) is 10.4. The van der Waals surface area contributed by atoms with Crippen molar-refractivity contribution >= 4 is 0 Å². The SMILES string of the molecule is Cc1cc(Cn2cc(C)c(=O)[nH]c2=O)no1. The minimum absolute atomic E-state index is 0.286. The highest BCUT2D eigenvalue weighted by Gasteiger charge is 2.05. The number of aromatic amines is 1. The van der Waals surface area contributed by atoms with Crippen LogP contribution in [0.3, 0.4) is 0 Å². The lowest BCUT2D eigenvalue weighted by molar-refractivity contribution is 0.388. The number of aromatic nitrogens is 3. The van der Waals surface area contributed by atoms with Crippen LogP contribution < -0.4 is 11.2 Å². The molecule has 2 rings (SSSR count). The molecule has 0 aromatic carbocycles. The molecule has 6 nitrogen and oxygen atoms in total. The van der Waals surface area contributed by atoms with Crippen LogP contribution in [0.5, 0.6) is 0 Å². The van der Waals surface area contributed by atoms with Crippen LogP contribution in [0.25, 0.3) is 0 Å². The Labute approximate surface area is 90.5 Å². The van der Waals surface area contributed by atoms with E-state index in [1.165, 1.54) is 10.8 Å². The van der Waals surface area contributed by atoms with Crippen molar-refractivity contribution in [1.29, 1.82) is 0 Å². The second kappa shape index (κ2) is 3.80. The first-order chi connectivity index (χ1) is 7.56. The van der Waals surface area contributed by atoms with Gasteiger partial charge in [-0.15, -0.1) is 0 Å². The molecule has 0 aliphatic rings. The van der Waals surface area contributed by atoms with Crippen molar-refractivity contribution in [1.82, 2.24) is 14.7 Å². The maximum atomic E-state index is 11.5. The third-order valence-corrected chi connectivity index (χ3v) is 2.20. The van der Waals surface area contributed by atoms with E-state index in [-0.39, 0.29) is 12.1 Å². The second-order valence-corrected chi connectivity index (χ2v) is 3.63. The average molecular weight is 221 g/mol. The Balaban J connectivity index is 2.39. The van der Waals surface area contributed by atoms with Crippen molar-refractivity contribution in [3.05, 3.63) is 50.1 Å². The van der Waals surface area contributed by atoms with Gasteiger partial charge in [-0.2, -0.15) is 0 Å². The topological polar surface area (TPSA) is 80.9 Å². The van der Waals surface area contributed by atoms with Gasteiger partial charge in [0.05, 0.1) is 6.54 Å². The zero-order valence-corrected chi connectivity index (χ0v) is 8.98. The second-order valence-electron chi connectivity index (χ2n) is 3.63. The lowest BCUT2D eigenvalue weighted by atomic mass is 10.3. The number of rotatable bonds is 2. The number of hydrogen-bond acceptors (Lipinski definition) is 4. The third kappa shape index (κ3) is 1.95. The zero-order chi connectivity index (χ0) is 11.7. The molecule has 0 saturated heterocycles. The Bertz CT molecular complexity index is 621. The van der Waals surface area contributed by atoms with Crippen molar-refractivity contribution in [2.24, 2.45) is 0 Å². The van der Waals surface area contributed by atoms with Gasteiger partial charge in [-0.1, -0.05) is 5.16 Å². The Hall–Kier alpha value is -2.11. The number of nitrogens with one attached hydrogen (secondary N) is 1. The highest BCUT2D eigenvalue weighted by Crippen LogP contribution is 2.02. The lowest BCUT2D eigenvalue weighted by Crippen LogP contribution is -2.31. The molecule has 0 unspecified atom stereocenters. The van der Waals surface area contributed by atoms with E-state index < -0.39 is 5.69 Å². The number of H-pyrrole nitrogens is 1. The van der Waals surface area contributed by atoms with Gasteiger partial charge in [0.2, 0.25) is 0 Å². The fourth-order valence-corrected chi connectivity index (χ4v) is 1.40. The fraction of sp³-hybridized carbons (Fsp3) is 0.300. The average Bonchev–Trinajstić information content (AvgIpc) is 2.60. The Kier molecular flexibility index (Phi) is 2.47. The van der Waals surface area contributed by atoms with Crippen LogP contribution in [0.1, 0.15) is 17.0 Å². The van der Waals surface area contributed by atoms with Crippen LogP contribution in [0.15, 0.2) is 26.4 Å². The summed E-state index contributed by atoms with van der Waals surface area (Å²) in [4.78, 5) is 24.8. The summed E-state index contributed by atoms with van der Waals surface area (Å²) in [7, 11) is 0. The molecule has 84 valence electrons. The van der Waals surface area contributed by atoms with Gasteiger partial charge < -0.3 is 4.52 Å². The number of hydrogen-bond donors (Lipinski definition) is 1. The molecule has 0 bridgehead atoms. The predicted molar refractivity (Wildman–Crippen MR) is 56.4 cm³/mol. The number of nitrogens with zero attached hydrogens (tertiary/aromatic N) is 2. The highest BCUT2D eigenvalue weighted by molar-refractivity contribution is 5.06. The summed E-state index contributed by atoms with van der Waals surface area (Å²) in [5, 5.41) is 3.78. The van der Waals surface area contributed by atoms with Gasteiger partial charge >= 0.3 is 5.69 Å². The van der Waals surface area contributed by atoms with Crippen molar-refractivity contribution in [3.8, 4) is 0 Å². The largest absolute Gasteiger partial charge is 0.361 e. The maximum Gasteiger partial charge on any atom is 0.328 e. The Morgan fingerprint density at radius 1 is 1.44 bits per heavy atom. The molecule has 0 amide bonds. The molecular weight excluding hydrogens is 210 g/mol. The maximum absolute atomic E-state index is 11.5. The molecule has 2 aromatic heterocycles. The van der Waals surface area contributed by atoms with E-state index in [1.54, 1.807) is 19.9 Å². The molecule has 0 spiro atoms.